The lowest BCUT2D eigenvalue weighted by Crippen LogP contribution is -2.19. The van der Waals surface area contributed by atoms with E-state index >= 15 is 0 Å². The van der Waals surface area contributed by atoms with E-state index in [-0.39, 0.29) is 5.82 Å². The van der Waals surface area contributed by atoms with Crippen LogP contribution >= 0.6 is 0 Å². The Balaban J connectivity index is 1.99. The van der Waals surface area contributed by atoms with Crippen molar-refractivity contribution in [3.63, 3.8) is 0 Å². The third-order valence-corrected chi connectivity index (χ3v) is 3.42. The molecule has 2 nitrogen and oxygen atoms in total. The zero-order valence-corrected chi connectivity index (χ0v) is 12.9. The van der Waals surface area contributed by atoms with Crippen LogP contribution in [0.2, 0.25) is 0 Å². The second-order valence-electron chi connectivity index (χ2n) is 5.73. The van der Waals surface area contributed by atoms with Crippen molar-refractivity contribution in [2.45, 2.75) is 20.4 Å². The summed E-state index contributed by atoms with van der Waals surface area (Å²) >= 11 is 0. The SMILES string of the molecule is CC(C)CNCc1ccc(N(C)c2ccc(F)cc2)cc1. The Labute approximate surface area is 126 Å². The Bertz CT molecular complexity index is 546. The summed E-state index contributed by atoms with van der Waals surface area (Å²) in [6.07, 6.45) is 0. The molecule has 0 aliphatic rings. The molecule has 0 aliphatic carbocycles. The minimum Gasteiger partial charge on any atom is -0.345 e. The van der Waals surface area contributed by atoms with Gasteiger partial charge < -0.3 is 10.2 Å². The third kappa shape index (κ3) is 4.57. The number of halogens is 1. The van der Waals surface area contributed by atoms with Gasteiger partial charge in [-0.25, -0.2) is 4.39 Å². The summed E-state index contributed by atoms with van der Waals surface area (Å²) in [5, 5.41) is 3.43. The summed E-state index contributed by atoms with van der Waals surface area (Å²) in [5.74, 6) is 0.451. The van der Waals surface area contributed by atoms with E-state index in [0.717, 1.165) is 24.5 Å². The molecule has 1 N–H and O–H groups in total. The molecule has 0 aliphatic heterocycles. The number of benzene rings is 2. The monoisotopic (exact) mass is 286 g/mol. The third-order valence-electron chi connectivity index (χ3n) is 3.42. The van der Waals surface area contributed by atoms with Crippen molar-refractivity contribution >= 4 is 11.4 Å². The summed E-state index contributed by atoms with van der Waals surface area (Å²) < 4.78 is 13.0. The Kier molecular flexibility index (Phi) is 5.34. The van der Waals surface area contributed by atoms with Gasteiger partial charge in [0.15, 0.2) is 0 Å². The number of nitrogens with one attached hydrogen (secondary N) is 1. The van der Waals surface area contributed by atoms with Crippen LogP contribution < -0.4 is 10.2 Å². The smallest absolute Gasteiger partial charge is 0.123 e. The molecule has 0 unspecified atom stereocenters. The average Bonchev–Trinajstić information content (AvgIpc) is 2.48. The minimum absolute atomic E-state index is 0.210. The first-order valence-electron chi connectivity index (χ1n) is 7.35. The van der Waals surface area contributed by atoms with E-state index in [4.69, 9.17) is 0 Å². The van der Waals surface area contributed by atoms with Gasteiger partial charge in [0.1, 0.15) is 5.82 Å². The van der Waals surface area contributed by atoms with Crippen LogP contribution in [0, 0.1) is 11.7 Å². The molecule has 3 heteroatoms. The molecule has 0 heterocycles. The van der Waals surface area contributed by atoms with Gasteiger partial charge in [-0.15, -0.1) is 0 Å². The van der Waals surface area contributed by atoms with E-state index in [1.807, 2.05) is 11.9 Å². The maximum atomic E-state index is 13.0. The zero-order valence-electron chi connectivity index (χ0n) is 12.9. The molecule has 0 bridgehead atoms. The predicted molar refractivity (Wildman–Crippen MR) is 87.4 cm³/mol. The lowest BCUT2D eigenvalue weighted by molar-refractivity contribution is 0.552. The highest BCUT2D eigenvalue weighted by atomic mass is 19.1. The topological polar surface area (TPSA) is 15.3 Å². The van der Waals surface area contributed by atoms with Crippen molar-refractivity contribution in [3.8, 4) is 0 Å². The van der Waals surface area contributed by atoms with Crippen LogP contribution in [0.5, 0.6) is 0 Å². The lowest BCUT2D eigenvalue weighted by Gasteiger charge is -2.20. The Hall–Kier alpha value is -1.87. The van der Waals surface area contributed by atoms with E-state index < -0.39 is 0 Å². The molecular weight excluding hydrogens is 263 g/mol. The highest BCUT2D eigenvalue weighted by Gasteiger charge is 2.04. The Morgan fingerprint density at radius 3 is 2.00 bits per heavy atom. The van der Waals surface area contributed by atoms with Gasteiger partial charge in [-0.1, -0.05) is 26.0 Å². The zero-order chi connectivity index (χ0) is 15.2. The van der Waals surface area contributed by atoms with Gasteiger partial charge in [0.2, 0.25) is 0 Å². The highest BCUT2D eigenvalue weighted by Crippen LogP contribution is 2.23. The van der Waals surface area contributed by atoms with Gasteiger partial charge in [-0.2, -0.15) is 0 Å². The minimum atomic E-state index is -0.210. The number of hydrogen-bond donors (Lipinski definition) is 1. The molecule has 2 aromatic rings. The molecule has 2 aromatic carbocycles. The van der Waals surface area contributed by atoms with Crippen molar-refractivity contribution in [1.82, 2.24) is 5.32 Å². The van der Waals surface area contributed by atoms with Crippen molar-refractivity contribution in [1.29, 1.82) is 0 Å². The molecule has 0 atom stereocenters. The first-order valence-corrected chi connectivity index (χ1v) is 7.35. The second kappa shape index (κ2) is 7.23. The van der Waals surface area contributed by atoms with Crippen molar-refractivity contribution < 1.29 is 4.39 Å². The van der Waals surface area contributed by atoms with Gasteiger partial charge in [0.25, 0.3) is 0 Å². The van der Waals surface area contributed by atoms with Crippen molar-refractivity contribution in [3.05, 3.63) is 59.9 Å². The van der Waals surface area contributed by atoms with Crippen LogP contribution in [0.4, 0.5) is 15.8 Å². The fourth-order valence-electron chi connectivity index (χ4n) is 2.16. The van der Waals surface area contributed by atoms with E-state index in [9.17, 15) is 4.39 Å². The molecule has 0 saturated carbocycles. The number of anilines is 2. The summed E-state index contributed by atoms with van der Waals surface area (Å²) in [4.78, 5) is 2.05. The standard InChI is InChI=1S/C18H23FN2/c1-14(2)12-20-13-15-4-8-17(9-5-15)21(3)18-10-6-16(19)7-11-18/h4-11,14,20H,12-13H2,1-3H3. The van der Waals surface area contributed by atoms with Gasteiger partial charge >= 0.3 is 0 Å². The molecule has 0 fully saturated rings. The molecule has 0 aromatic heterocycles. The van der Waals surface area contributed by atoms with E-state index in [0.29, 0.717) is 5.92 Å². The van der Waals surface area contributed by atoms with Crippen molar-refractivity contribution in [2.75, 3.05) is 18.5 Å². The summed E-state index contributed by atoms with van der Waals surface area (Å²) in [6, 6.07) is 15.0. The average molecular weight is 286 g/mol. The molecular formula is C18H23FN2. The Morgan fingerprint density at radius 2 is 1.48 bits per heavy atom. The normalized spacial score (nSPS) is 10.9. The highest BCUT2D eigenvalue weighted by molar-refractivity contribution is 5.62. The fraction of sp³-hybridized carbons (Fsp3) is 0.333. The number of nitrogens with zero attached hydrogens (tertiary/aromatic N) is 1. The van der Waals surface area contributed by atoms with E-state index in [1.54, 1.807) is 12.1 Å². The van der Waals surface area contributed by atoms with Gasteiger partial charge in [0.05, 0.1) is 0 Å². The number of rotatable bonds is 6. The van der Waals surface area contributed by atoms with Crippen LogP contribution in [0.25, 0.3) is 0 Å². The predicted octanol–water partition coefficient (Wildman–Crippen LogP) is 4.34. The van der Waals surface area contributed by atoms with Crippen LogP contribution in [0.3, 0.4) is 0 Å². The van der Waals surface area contributed by atoms with Gasteiger partial charge in [0, 0.05) is 25.0 Å². The summed E-state index contributed by atoms with van der Waals surface area (Å²) in [5.41, 5.74) is 3.34. The largest absolute Gasteiger partial charge is 0.345 e. The number of hydrogen-bond acceptors (Lipinski definition) is 2. The van der Waals surface area contributed by atoms with E-state index in [1.165, 1.54) is 17.7 Å². The van der Waals surface area contributed by atoms with E-state index in [2.05, 4.69) is 43.4 Å². The first kappa shape index (κ1) is 15.5. The Morgan fingerprint density at radius 1 is 0.952 bits per heavy atom. The molecule has 0 spiro atoms. The molecule has 21 heavy (non-hydrogen) atoms. The van der Waals surface area contributed by atoms with Crippen LogP contribution in [0.1, 0.15) is 19.4 Å². The molecule has 112 valence electrons. The lowest BCUT2D eigenvalue weighted by atomic mass is 10.1. The summed E-state index contributed by atoms with van der Waals surface area (Å²) in [6.45, 7) is 6.32. The maximum absolute atomic E-state index is 13.0. The quantitative estimate of drug-likeness (QED) is 0.850. The van der Waals surface area contributed by atoms with Crippen LogP contribution in [-0.2, 0) is 6.54 Å². The second-order valence-corrected chi connectivity index (χ2v) is 5.73. The molecule has 0 amide bonds. The van der Waals surface area contributed by atoms with Crippen LogP contribution in [-0.4, -0.2) is 13.6 Å². The van der Waals surface area contributed by atoms with Gasteiger partial charge in [-0.3, -0.25) is 0 Å². The molecule has 0 radical (unpaired) electrons. The van der Waals surface area contributed by atoms with Gasteiger partial charge in [-0.05, 0) is 54.4 Å². The molecule has 0 saturated heterocycles. The fourth-order valence-corrected chi connectivity index (χ4v) is 2.16. The maximum Gasteiger partial charge on any atom is 0.123 e. The van der Waals surface area contributed by atoms with Crippen LogP contribution in [0.15, 0.2) is 48.5 Å². The summed E-state index contributed by atoms with van der Waals surface area (Å²) in [7, 11) is 1.99. The first-order chi connectivity index (χ1) is 10.1. The van der Waals surface area contributed by atoms with Crippen molar-refractivity contribution in [2.24, 2.45) is 5.92 Å². The molecule has 2 rings (SSSR count).